The molecule has 0 aromatic carbocycles. The Kier molecular flexibility index (Phi) is 5.06. The van der Waals surface area contributed by atoms with E-state index < -0.39 is 5.95 Å². The SMILES string of the molecule is CN1CCN(c2cnc(F)c(C(=N)c3c(-c4ccsc4)ccnc3N)c2)CC1. The van der Waals surface area contributed by atoms with Crippen molar-refractivity contribution in [2.45, 2.75) is 0 Å². The number of nitrogen functional groups attached to an aromatic ring is 1. The Morgan fingerprint density at radius 3 is 2.71 bits per heavy atom. The van der Waals surface area contributed by atoms with Gasteiger partial charge in [-0.25, -0.2) is 9.97 Å². The van der Waals surface area contributed by atoms with E-state index in [9.17, 15) is 4.39 Å². The van der Waals surface area contributed by atoms with Crippen molar-refractivity contribution in [2.75, 3.05) is 43.9 Å². The summed E-state index contributed by atoms with van der Waals surface area (Å²) in [5.41, 5.74) is 9.17. The van der Waals surface area contributed by atoms with Crippen molar-refractivity contribution in [2.24, 2.45) is 0 Å². The Morgan fingerprint density at radius 2 is 2.00 bits per heavy atom. The molecule has 0 saturated carbocycles. The lowest BCUT2D eigenvalue weighted by Crippen LogP contribution is -2.44. The molecule has 3 N–H and O–H groups in total. The number of hydrogen-bond donors (Lipinski definition) is 2. The van der Waals surface area contributed by atoms with E-state index in [1.165, 1.54) is 6.20 Å². The van der Waals surface area contributed by atoms with Crippen LogP contribution < -0.4 is 10.6 Å². The molecule has 3 aromatic heterocycles. The highest BCUT2D eigenvalue weighted by Crippen LogP contribution is 2.31. The van der Waals surface area contributed by atoms with Crippen molar-refractivity contribution in [1.29, 1.82) is 5.41 Å². The van der Waals surface area contributed by atoms with Gasteiger partial charge in [-0.15, -0.1) is 0 Å². The maximum Gasteiger partial charge on any atom is 0.222 e. The zero-order valence-corrected chi connectivity index (χ0v) is 16.3. The second kappa shape index (κ2) is 7.65. The van der Waals surface area contributed by atoms with Gasteiger partial charge in [-0.3, -0.25) is 5.41 Å². The van der Waals surface area contributed by atoms with Crippen molar-refractivity contribution in [3.05, 3.63) is 58.4 Å². The molecule has 0 amide bonds. The molecule has 4 heterocycles. The number of piperazine rings is 1. The van der Waals surface area contributed by atoms with Crippen molar-refractivity contribution in [3.8, 4) is 11.1 Å². The Morgan fingerprint density at radius 1 is 1.21 bits per heavy atom. The van der Waals surface area contributed by atoms with E-state index >= 15 is 0 Å². The zero-order valence-electron chi connectivity index (χ0n) is 15.5. The molecule has 144 valence electrons. The van der Waals surface area contributed by atoms with E-state index in [4.69, 9.17) is 11.1 Å². The lowest BCUT2D eigenvalue weighted by molar-refractivity contribution is 0.312. The Balaban J connectivity index is 1.74. The summed E-state index contributed by atoms with van der Waals surface area (Å²) in [5, 5.41) is 12.6. The summed E-state index contributed by atoms with van der Waals surface area (Å²) in [5.74, 6) is -0.472. The molecule has 0 radical (unpaired) electrons. The Hall–Kier alpha value is -2.84. The number of nitrogens with two attached hydrogens (primary N) is 1. The van der Waals surface area contributed by atoms with Crippen molar-refractivity contribution in [3.63, 3.8) is 0 Å². The highest BCUT2D eigenvalue weighted by Gasteiger charge is 2.22. The van der Waals surface area contributed by atoms with Gasteiger partial charge in [0.2, 0.25) is 5.95 Å². The lowest BCUT2D eigenvalue weighted by atomic mass is 9.96. The molecule has 1 aliphatic rings. The van der Waals surface area contributed by atoms with Gasteiger partial charge in [0, 0.05) is 32.4 Å². The van der Waals surface area contributed by atoms with Gasteiger partial charge in [0.05, 0.1) is 28.7 Å². The third-order valence-corrected chi connectivity index (χ3v) is 5.71. The van der Waals surface area contributed by atoms with Gasteiger partial charge in [0.1, 0.15) is 5.82 Å². The summed E-state index contributed by atoms with van der Waals surface area (Å²) in [6.45, 7) is 3.54. The number of hydrogen-bond acceptors (Lipinski definition) is 7. The fourth-order valence-electron chi connectivity index (χ4n) is 3.38. The highest BCUT2D eigenvalue weighted by molar-refractivity contribution is 7.08. The van der Waals surface area contributed by atoms with Gasteiger partial charge in [-0.1, -0.05) is 0 Å². The maximum atomic E-state index is 14.6. The molecule has 6 nitrogen and oxygen atoms in total. The van der Waals surface area contributed by atoms with Crippen LogP contribution in [0.2, 0.25) is 0 Å². The third-order valence-electron chi connectivity index (χ3n) is 5.02. The minimum Gasteiger partial charge on any atom is -0.383 e. The number of thiophene rings is 1. The van der Waals surface area contributed by atoms with Gasteiger partial charge < -0.3 is 15.5 Å². The Bertz CT molecular complexity index is 996. The van der Waals surface area contributed by atoms with Crippen LogP contribution in [0.3, 0.4) is 0 Å². The zero-order chi connectivity index (χ0) is 19.7. The van der Waals surface area contributed by atoms with Crippen LogP contribution >= 0.6 is 11.3 Å². The standard InChI is InChI=1S/C20H21FN6S/c1-26-5-7-27(8-6-26)14-10-16(19(21)25-11-14)18(22)17-15(2-4-24-20(17)23)13-3-9-28-12-13/h2-4,9-12,22H,5-8H2,1H3,(H2,23,24). The quantitative estimate of drug-likeness (QED) is 0.523. The predicted octanol–water partition coefficient (Wildman–Crippen LogP) is 3.09. The molecular formula is C20H21FN6S. The molecule has 0 bridgehead atoms. The molecule has 3 aromatic rings. The largest absolute Gasteiger partial charge is 0.383 e. The maximum absolute atomic E-state index is 14.6. The van der Waals surface area contributed by atoms with Gasteiger partial charge in [0.15, 0.2) is 0 Å². The number of nitrogens with zero attached hydrogens (tertiary/aromatic N) is 4. The fraction of sp³-hybridized carbons (Fsp3) is 0.250. The van der Waals surface area contributed by atoms with Crippen LogP contribution in [0.25, 0.3) is 11.1 Å². The molecule has 1 aliphatic heterocycles. The van der Waals surface area contributed by atoms with Crippen LogP contribution in [0.5, 0.6) is 0 Å². The first-order chi connectivity index (χ1) is 13.5. The number of anilines is 2. The van der Waals surface area contributed by atoms with Crippen LogP contribution in [0, 0.1) is 11.4 Å². The molecule has 0 spiro atoms. The fourth-order valence-corrected chi connectivity index (χ4v) is 4.04. The normalized spacial score (nSPS) is 15.0. The van der Waals surface area contributed by atoms with Crippen molar-refractivity contribution in [1.82, 2.24) is 14.9 Å². The molecule has 28 heavy (non-hydrogen) atoms. The lowest BCUT2D eigenvalue weighted by Gasteiger charge is -2.34. The number of likely N-dealkylation sites (N-methyl/N-ethyl adjacent to an activating group) is 1. The minimum atomic E-state index is -0.678. The van der Waals surface area contributed by atoms with Gasteiger partial charge in [-0.05, 0) is 47.1 Å². The van der Waals surface area contributed by atoms with E-state index in [2.05, 4.69) is 26.8 Å². The second-order valence-electron chi connectivity index (χ2n) is 6.83. The summed E-state index contributed by atoms with van der Waals surface area (Å²) >= 11 is 1.55. The van der Waals surface area contributed by atoms with Crippen LogP contribution in [-0.4, -0.2) is 53.8 Å². The summed E-state index contributed by atoms with van der Waals surface area (Å²) in [4.78, 5) is 12.5. The van der Waals surface area contributed by atoms with E-state index in [0.29, 0.717) is 5.56 Å². The smallest absolute Gasteiger partial charge is 0.222 e. The predicted molar refractivity (Wildman–Crippen MR) is 112 cm³/mol. The van der Waals surface area contributed by atoms with Crippen molar-refractivity contribution < 1.29 is 4.39 Å². The second-order valence-corrected chi connectivity index (χ2v) is 7.61. The molecule has 1 fully saturated rings. The first-order valence-corrected chi connectivity index (χ1v) is 9.94. The molecule has 4 rings (SSSR count). The first-order valence-electron chi connectivity index (χ1n) is 9.00. The van der Waals surface area contributed by atoms with Crippen LogP contribution in [-0.2, 0) is 0 Å². The molecule has 1 saturated heterocycles. The topological polar surface area (TPSA) is 82.1 Å². The number of halogens is 1. The van der Waals surface area contributed by atoms with Crippen molar-refractivity contribution >= 4 is 28.6 Å². The Labute approximate surface area is 167 Å². The molecule has 8 heteroatoms. The molecule has 0 atom stereocenters. The molecule has 0 aliphatic carbocycles. The summed E-state index contributed by atoms with van der Waals surface area (Å²) in [6, 6.07) is 5.45. The summed E-state index contributed by atoms with van der Waals surface area (Å²) < 4.78 is 14.6. The molecular weight excluding hydrogens is 375 g/mol. The van der Waals surface area contributed by atoms with Gasteiger partial charge in [-0.2, -0.15) is 15.7 Å². The van der Waals surface area contributed by atoms with E-state index in [-0.39, 0.29) is 17.1 Å². The monoisotopic (exact) mass is 396 g/mol. The number of aromatic nitrogens is 2. The van der Waals surface area contributed by atoms with Crippen LogP contribution in [0.1, 0.15) is 11.1 Å². The van der Waals surface area contributed by atoms with E-state index in [0.717, 1.165) is 43.0 Å². The van der Waals surface area contributed by atoms with Gasteiger partial charge >= 0.3 is 0 Å². The number of pyridine rings is 2. The average molecular weight is 396 g/mol. The third kappa shape index (κ3) is 3.48. The summed E-state index contributed by atoms with van der Waals surface area (Å²) in [6.07, 6.45) is 3.14. The van der Waals surface area contributed by atoms with Crippen LogP contribution in [0.4, 0.5) is 15.9 Å². The number of nitrogens with one attached hydrogen (secondary N) is 1. The average Bonchev–Trinajstić information content (AvgIpc) is 3.23. The highest BCUT2D eigenvalue weighted by atomic mass is 32.1. The summed E-state index contributed by atoms with van der Waals surface area (Å²) in [7, 11) is 2.08. The number of rotatable bonds is 4. The van der Waals surface area contributed by atoms with Gasteiger partial charge in [0.25, 0.3) is 0 Å². The van der Waals surface area contributed by atoms with E-state index in [1.807, 2.05) is 16.8 Å². The minimum absolute atomic E-state index is 0.00669. The van der Waals surface area contributed by atoms with Crippen LogP contribution in [0.15, 0.2) is 41.4 Å². The molecule has 0 unspecified atom stereocenters. The van der Waals surface area contributed by atoms with E-state index in [1.54, 1.807) is 29.7 Å². The first kappa shape index (κ1) is 18.5.